The van der Waals surface area contributed by atoms with E-state index in [2.05, 4.69) is 25.9 Å². The van der Waals surface area contributed by atoms with Crippen LogP contribution in [-0.4, -0.2) is 51.8 Å². The zero-order valence-corrected chi connectivity index (χ0v) is 14.4. The molecule has 11 heteroatoms. The number of carbonyl (C=O) groups is 1. The van der Waals surface area contributed by atoms with Crippen LogP contribution in [0.2, 0.25) is 0 Å². The molecule has 1 aliphatic rings. The predicted molar refractivity (Wildman–Crippen MR) is 88.1 cm³/mol. The summed E-state index contributed by atoms with van der Waals surface area (Å²) in [6.07, 6.45) is 0.239. The third-order valence-electron chi connectivity index (χ3n) is 4.09. The standard InChI is InChI=1S/C16H19F3N6O2/c17-16(18,19)10-27-15-11(2-1-5-21-15)8-22-14(26)13-9-25(24-23-13)12-3-6-20-7-4-12/h1-2,5,9,12,20H,3-4,6-8,10H2,(H,22,26). The maximum Gasteiger partial charge on any atom is 0.422 e. The zero-order valence-electron chi connectivity index (χ0n) is 14.4. The fourth-order valence-electron chi connectivity index (χ4n) is 2.74. The van der Waals surface area contributed by atoms with Crippen molar-refractivity contribution in [3.63, 3.8) is 0 Å². The molecule has 3 heterocycles. The molecular weight excluding hydrogens is 365 g/mol. The Labute approximate surface area is 153 Å². The summed E-state index contributed by atoms with van der Waals surface area (Å²) in [7, 11) is 0. The SMILES string of the molecule is O=C(NCc1cccnc1OCC(F)(F)F)c1cn(C2CCNCC2)nn1. The van der Waals surface area contributed by atoms with E-state index in [0.717, 1.165) is 25.9 Å². The summed E-state index contributed by atoms with van der Waals surface area (Å²) in [6, 6.07) is 3.28. The van der Waals surface area contributed by atoms with Crippen LogP contribution in [0.25, 0.3) is 0 Å². The molecule has 0 unspecified atom stereocenters. The van der Waals surface area contributed by atoms with Gasteiger partial charge in [-0.3, -0.25) is 4.79 Å². The normalized spacial score (nSPS) is 15.5. The monoisotopic (exact) mass is 384 g/mol. The maximum atomic E-state index is 12.3. The van der Waals surface area contributed by atoms with E-state index in [1.807, 2.05) is 0 Å². The molecule has 1 saturated heterocycles. The van der Waals surface area contributed by atoms with Crippen molar-refractivity contribution in [2.24, 2.45) is 0 Å². The minimum atomic E-state index is -4.47. The van der Waals surface area contributed by atoms with Gasteiger partial charge in [0.05, 0.1) is 12.2 Å². The van der Waals surface area contributed by atoms with Crippen molar-refractivity contribution in [3.05, 3.63) is 35.8 Å². The highest BCUT2D eigenvalue weighted by Crippen LogP contribution is 2.20. The van der Waals surface area contributed by atoms with E-state index in [0.29, 0.717) is 5.56 Å². The lowest BCUT2D eigenvalue weighted by molar-refractivity contribution is -0.154. The molecule has 0 radical (unpaired) electrons. The third-order valence-corrected chi connectivity index (χ3v) is 4.09. The van der Waals surface area contributed by atoms with E-state index in [1.165, 1.54) is 12.3 Å². The number of nitrogens with one attached hydrogen (secondary N) is 2. The summed E-state index contributed by atoms with van der Waals surface area (Å²) in [5, 5.41) is 13.7. The molecule has 146 valence electrons. The number of amides is 1. The van der Waals surface area contributed by atoms with Crippen molar-refractivity contribution in [2.75, 3.05) is 19.7 Å². The third kappa shape index (κ3) is 5.39. The molecule has 2 aromatic rings. The van der Waals surface area contributed by atoms with Gasteiger partial charge in [-0.1, -0.05) is 11.3 Å². The van der Waals surface area contributed by atoms with E-state index in [-0.39, 0.29) is 24.2 Å². The lowest BCUT2D eigenvalue weighted by atomic mass is 10.1. The van der Waals surface area contributed by atoms with Crippen LogP contribution in [0.15, 0.2) is 24.5 Å². The highest BCUT2D eigenvalue weighted by molar-refractivity contribution is 5.91. The Bertz CT molecular complexity index is 774. The van der Waals surface area contributed by atoms with Gasteiger partial charge in [0.2, 0.25) is 5.88 Å². The molecule has 2 N–H and O–H groups in total. The maximum absolute atomic E-state index is 12.3. The summed E-state index contributed by atoms with van der Waals surface area (Å²) < 4.78 is 43.3. The van der Waals surface area contributed by atoms with Gasteiger partial charge in [0.25, 0.3) is 5.91 Å². The quantitative estimate of drug-likeness (QED) is 0.783. The number of carbonyl (C=O) groups excluding carboxylic acids is 1. The summed E-state index contributed by atoms with van der Waals surface area (Å²) in [6.45, 7) is 0.275. The van der Waals surface area contributed by atoms with E-state index < -0.39 is 18.7 Å². The van der Waals surface area contributed by atoms with E-state index >= 15 is 0 Å². The number of pyridine rings is 1. The topological polar surface area (TPSA) is 94.0 Å². The minimum Gasteiger partial charge on any atom is -0.468 e. The average molecular weight is 384 g/mol. The Morgan fingerprint density at radius 3 is 2.89 bits per heavy atom. The smallest absolute Gasteiger partial charge is 0.422 e. The molecule has 27 heavy (non-hydrogen) atoms. The molecular formula is C16H19F3N6O2. The van der Waals surface area contributed by atoms with Gasteiger partial charge < -0.3 is 15.4 Å². The molecule has 0 atom stereocenters. The van der Waals surface area contributed by atoms with Crippen LogP contribution in [0.4, 0.5) is 13.2 Å². The van der Waals surface area contributed by atoms with Crippen molar-refractivity contribution in [1.29, 1.82) is 0 Å². The number of aromatic nitrogens is 4. The summed E-state index contributed by atoms with van der Waals surface area (Å²) in [4.78, 5) is 16.0. The highest BCUT2D eigenvalue weighted by atomic mass is 19.4. The molecule has 1 aliphatic heterocycles. The first-order valence-electron chi connectivity index (χ1n) is 8.46. The van der Waals surface area contributed by atoms with Gasteiger partial charge in [-0.15, -0.1) is 5.10 Å². The molecule has 0 aliphatic carbocycles. The number of piperidine rings is 1. The van der Waals surface area contributed by atoms with Gasteiger partial charge in [-0.25, -0.2) is 9.67 Å². The molecule has 1 amide bonds. The largest absolute Gasteiger partial charge is 0.468 e. The van der Waals surface area contributed by atoms with Crippen molar-refractivity contribution >= 4 is 5.91 Å². The average Bonchev–Trinajstić information content (AvgIpc) is 3.15. The summed E-state index contributed by atoms with van der Waals surface area (Å²) >= 11 is 0. The molecule has 3 rings (SSSR count). The van der Waals surface area contributed by atoms with Gasteiger partial charge in [-0.2, -0.15) is 13.2 Å². The van der Waals surface area contributed by atoms with Crippen molar-refractivity contribution in [2.45, 2.75) is 31.6 Å². The van der Waals surface area contributed by atoms with Crippen LogP contribution in [0.3, 0.4) is 0 Å². The predicted octanol–water partition coefficient (Wildman–Crippen LogP) is 1.47. The first-order valence-corrected chi connectivity index (χ1v) is 8.46. The molecule has 8 nitrogen and oxygen atoms in total. The first-order chi connectivity index (χ1) is 12.9. The Hall–Kier alpha value is -2.69. The number of rotatable bonds is 6. The van der Waals surface area contributed by atoms with Gasteiger partial charge in [0.1, 0.15) is 0 Å². The second kappa shape index (κ2) is 8.33. The molecule has 1 fully saturated rings. The van der Waals surface area contributed by atoms with Gasteiger partial charge in [-0.05, 0) is 32.0 Å². The van der Waals surface area contributed by atoms with Crippen LogP contribution >= 0.6 is 0 Å². The number of alkyl halides is 3. The minimum absolute atomic E-state index is 0.0416. The molecule has 0 saturated carbocycles. The lowest BCUT2D eigenvalue weighted by Crippen LogP contribution is -2.29. The van der Waals surface area contributed by atoms with Gasteiger partial charge >= 0.3 is 6.18 Å². The van der Waals surface area contributed by atoms with E-state index in [4.69, 9.17) is 4.74 Å². The van der Waals surface area contributed by atoms with Gasteiger partial charge in [0.15, 0.2) is 12.3 Å². The second-order valence-electron chi connectivity index (χ2n) is 6.12. The molecule has 0 aromatic carbocycles. The Balaban J connectivity index is 1.58. The van der Waals surface area contributed by atoms with Gasteiger partial charge in [0, 0.05) is 18.3 Å². The Morgan fingerprint density at radius 1 is 1.37 bits per heavy atom. The van der Waals surface area contributed by atoms with Crippen LogP contribution in [0.1, 0.15) is 34.9 Å². The van der Waals surface area contributed by atoms with Crippen LogP contribution in [0.5, 0.6) is 5.88 Å². The summed E-state index contributed by atoms with van der Waals surface area (Å²) in [5.74, 6) is -0.644. The van der Waals surface area contributed by atoms with Crippen molar-refractivity contribution in [1.82, 2.24) is 30.6 Å². The number of halogens is 3. The van der Waals surface area contributed by atoms with E-state index in [1.54, 1.807) is 16.9 Å². The number of nitrogens with zero attached hydrogens (tertiary/aromatic N) is 4. The van der Waals surface area contributed by atoms with Crippen LogP contribution in [-0.2, 0) is 6.54 Å². The summed E-state index contributed by atoms with van der Waals surface area (Å²) in [5.41, 5.74) is 0.482. The molecule has 2 aromatic heterocycles. The van der Waals surface area contributed by atoms with Crippen molar-refractivity contribution in [3.8, 4) is 5.88 Å². The number of hydrogen-bond acceptors (Lipinski definition) is 6. The lowest BCUT2D eigenvalue weighted by Gasteiger charge is -2.22. The molecule has 0 bridgehead atoms. The van der Waals surface area contributed by atoms with Crippen molar-refractivity contribution < 1.29 is 22.7 Å². The number of hydrogen-bond donors (Lipinski definition) is 2. The second-order valence-corrected chi connectivity index (χ2v) is 6.12. The zero-order chi connectivity index (χ0) is 19.3. The highest BCUT2D eigenvalue weighted by Gasteiger charge is 2.29. The Kier molecular flexibility index (Phi) is 5.89. The first kappa shape index (κ1) is 19.1. The van der Waals surface area contributed by atoms with E-state index in [9.17, 15) is 18.0 Å². The molecule has 0 spiro atoms. The van der Waals surface area contributed by atoms with Crippen LogP contribution in [0, 0.1) is 0 Å². The number of ether oxygens (including phenoxy) is 1. The fourth-order valence-corrected chi connectivity index (χ4v) is 2.74. The Morgan fingerprint density at radius 2 is 2.15 bits per heavy atom. The fraction of sp³-hybridized carbons (Fsp3) is 0.500. The van der Waals surface area contributed by atoms with Crippen LogP contribution < -0.4 is 15.4 Å².